The molecule has 1 atom stereocenters. The van der Waals surface area contributed by atoms with Crippen LogP contribution in [0.3, 0.4) is 0 Å². The van der Waals surface area contributed by atoms with Gasteiger partial charge in [-0.3, -0.25) is 0 Å². The monoisotopic (exact) mass is 432 g/mol. The molecule has 1 unspecified atom stereocenters. The van der Waals surface area contributed by atoms with Crippen LogP contribution in [0.2, 0.25) is 5.02 Å². The molecule has 1 aliphatic rings. The molecule has 2 aromatic carbocycles. The number of nitrogens with zero attached hydrogens (tertiary/aromatic N) is 4. The van der Waals surface area contributed by atoms with Crippen molar-refractivity contribution in [3.63, 3.8) is 0 Å². The minimum Gasteiger partial charge on any atom is -0.394 e. The molecule has 1 N–H and O–H groups in total. The fourth-order valence-electron chi connectivity index (χ4n) is 4.50. The number of benzene rings is 2. The molecule has 0 amide bonds. The first kappa shape index (κ1) is 20.0. The van der Waals surface area contributed by atoms with Crippen molar-refractivity contribution in [2.75, 3.05) is 18.1 Å². The SMILES string of the molecule is Cc1ccc(-c2c(C)nn3c(-c4cccc(Cl)c4)cc(N4CCCC4CO)nc23)cc1. The Morgan fingerprint density at radius 2 is 1.87 bits per heavy atom. The number of anilines is 1. The van der Waals surface area contributed by atoms with Crippen molar-refractivity contribution in [3.8, 4) is 22.4 Å². The van der Waals surface area contributed by atoms with E-state index < -0.39 is 0 Å². The molecule has 158 valence electrons. The van der Waals surface area contributed by atoms with E-state index in [9.17, 15) is 5.11 Å². The summed E-state index contributed by atoms with van der Waals surface area (Å²) < 4.78 is 1.92. The maximum Gasteiger partial charge on any atom is 0.166 e. The van der Waals surface area contributed by atoms with Crippen molar-refractivity contribution in [1.29, 1.82) is 0 Å². The van der Waals surface area contributed by atoms with Gasteiger partial charge in [0.05, 0.1) is 24.0 Å². The number of aromatic nitrogens is 3. The predicted molar refractivity (Wildman–Crippen MR) is 126 cm³/mol. The molecule has 0 bridgehead atoms. The molecular weight excluding hydrogens is 408 g/mol. The van der Waals surface area contributed by atoms with Gasteiger partial charge in [-0.1, -0.05) is 53.6 Å². The Labute approximate surface area is 186 Å². The highest BCUT2D eigenvalue weighted by Gasteiger charge is 2.27. The summed E-state index contributed by atoms with van der Waals surface area (Å²) in [5.41, 5.74) is 7.01. The molecule has 2 aromatic heterocycles. The van der Waals surface area contributed by atoms with Crippen molar-refractivity contribution in [2.24, 2.45) is 0 Å². The van der Waals surface area contributed by atoms with Crippen LogP contribution in [0.1, 0.15) is 24.1 Å². The Morgan fingerprint density at radius 1 is 1.06 bits per heavy atom. The van der Waals surface area contributed by atoms with E-state index in [4.69, 9.17) is 21.7 Å². The standard InChI is InChI=1S/C25H25ClN4O/c1-16-8-10-18(11-9-16)24-17(2)28-30-22(19-5-3-6-20(26)13-19)14-23(27-25(24)30)29-12-4-7-21(29)15-31/h3,5-6,8-11,13-14,21,31H,4,7,12,15H2,1-2H3. The summed E-state index contributed by atoms with van der Waals surface area (Å²) in [6, 6.07) is 18.5. The number of fused-ring (bicyclic) bond motifs is 1. The molecule has 1 fully saturated rings. The van der Waals surface area contributed by atoms with Crippen LogP contribution in [0.15, 0.2) is 54.6 Å². The van der Waals surface area contributed by atoms with Crippen LogP contribution in [0.25, 0.3) is 28.0 Å². The highest BCUT2D eigenvalue weighted by Crippen LogP contribution is 2.35. The average Bonchev–Trinajstić information content (AvgIpc) is 3.37. The molecule has 4 aromatic rings. The summed E-state index contributed by atoms with van der Waals surface area (Å²) in [6.07, 6.45) is 2.02. The number of hydrogen-bond acceptors (Lipinski definition) is 4. The summed E-state index contributed by atoms with van der Waals surface area (Å²) in [7, 11) is 0. The molecule has 0 aliphatic carbocycles. The van der Waals surface area contributed by atoms with Gasteiger partial charge in [-0.2, -0.15) is 5.10 Å². The zero-order chi connectivity index (χ0) is 21.5. The van der Waals surface area contributed by atoms with Crippen LogP contribution in [0.5, 0.6) is 0 Å². The van der Waals surface area contributed by atoms with Crippen molar-refractivity contribution >= 4 is 23.1 Å². The largest absolute Gasteiger partial charge is 0.394 e. The fraction of sp³-hybridized carbons (Fsp3) is 0.280. The molecule has 31 heavy (non-hydrogen) atoms. The summed E-state index contributed by atoms with van der Waals surface area (Å²) >= 11 is 6.32. The topological polar surface area (TPSA) is 53.7 Å². The van der Waals surface area contributed by atoms with Gasteiger partial charge in [0.25, 0.3) is 0 Å². The third-order valence-corrected chi connectivity index (χ3v) is 6.33. The number of aliphatic hydroxyl groups excluding tert-OH is 1. The van der Waals surface area contributed by atoms with E-state index in [1.54, 1.807) is 0 Å². The Bertz CT molecular complexity index is 1250. The number of hydrogen-bond donors (Lipinski definition) is 1. The van der Waals surface area contributed by atoms with Gasteiger partial charge < -0.3 is 10.0 Å². The van der Waals surface area contributed by atoms with Gasteiger partial charge >= 0.3 is 0 Å². The first-order chi connectivity index (χ1) is 15.0. The maximum atomic E-state index is 9.89. The lowest BCUT2D eigenvalue weighted by Gasteiger charge is -2.25. The summed E-state index contributed by atoms with van der Waals surface area (Å²) in [4.78, 5) is 7.28. The lowest BCUT2D eigenvalue weighted by atomic mass is 10.0. The molecule has 1 saturated heterocycles. The summed E-state index contributed by atoms with van der Waals surface area (Å²) in [5, 5.41) is 15.4. The molecule has 5 rings (SSSR count). The molecular formula is C25H25ClN4O. The first-order valence-electron chi connectivity index (χ1n) is 10.7. The molecule has 3 heterocycles. The fourth-order valence-corrected chi connectivity index (χ4v) is 4.69. The zero-order valence-electron chi connectivity index (χ0n) is 17.7. The second kappa shape index (κ2) is 7.98. The highest BCUT2D eigenvalue weighted by atomic mass is 35.5. The lowest BCUT2D eigenvalue weighted by molar-refractivity contribution is 0.266. The van der Waals surface area contributed by atoms with E-state index in [-0.39, 0.29) is 12.6 Å². The Kier molecular flexibility index (Phi) is 5.16. The van der Waals surface area contributed by atoms with Gasteiger partial charge in [-0.15, -0.1) is 0 Å². The van der Waals surface area contributed by atoms with Crippen LogP contribution in [0, 0.1) is 13.8 Å². The number of aliphatic hydroxyl groups is 1. The van der Waals surface area contributed by atoms with Crippen molar-refractivity contribution in [1.82, 2.24) is 14.6 Å². The molecule has 1 aliphatic heterocycles. The van der Waals surface area contributed by atoms with Gasteiger partial charge in [-0.25, -0.2) is 9.50 Å². The third-order valence-electron chi connectivity index (χ3n) is 6.09. The van der Waals surface area contributed by atoms with E-state index in [1.165, 1.54) is 5.56 Å². The minimum atomic E-state index is 0.0917. The lowest BCUT2D eigenvalue weighted by Crippen LogP contribution is -2.32. The van der Waals surface area contributed by atoms with Crippen LogP contribution < -0.4 is 4.90 Å². The Hall–Kier alpha value is -2.89. The van der Waals surface area contributed by atoms with Crippen molar-refractivity contribution in [2.45, 2.75) is 32.7 Å². The molecule has 6 heteroatoms. The van der Waals surface area contributed by atoms with Crippen LogP contribution in [-0.2, 0) is 0 Å². The number of halogens is 1. The van der Waals surface area contributed by atoms with Crippen LogP contribution in [0.4, 0.5) is 5.82 Å². The third kappa shape index (κ3) is 3.58. The quantitative estimate of drug-likeness (QED) is 0.475. The van der Waals surface area contributed by atoms with Crippen LogP contribution in [-0.4, -0.2) is 38.9 Å². The molecule has 0 spiro atoms. The summed E-state index contributed by atoms with van der Waals surface area (Å²) in [5.74, 6) is 0.868. The smallest absolute Gasteiger partial charge is 0.166 e. The molecule has 0 saturated carbocycles. The minimum absolute atomic E-state index is 0.0917. The first-order valence-corrected chi connectivity index (χ1v) is 11.0. The maximum absolute atomic E-state index is 9.89. The second-order valence-corrected chi connectivity index (χ2v) is 8.68. The Balaban J connectivity index is 1.79. The Morgan fingerprint density at radius 3 is 2.61 bits per heavy atom. The predicted octanol–water partition coefficient (Wildman–Crippen LogP) is 5.29. The average molecular weight is 433 g/mol. The van der Waals surface area contributed by atoms with Crippen molar-refractivity contribution < 1.29 is 5.11 Å². The van der Waals surface area contributed by atoms with E-state index in [0.29, 0.717) is 5.02 Å². The van der Waals surface area contributed by atoms with E-state index in [0.717, 1.165) is 58.9 Å². The highest BCUT2D eigenvalue weighted by molar-refractivity contribution is 6.30. The van der Waals surface area contributed by atoms with Crippen LogP contribution >= 0.6 is 11.6 Å². The van der Waals surface area contributed by atoms with Gasteiger partial charge in [0.2, 0.25) is 0 Å². The number of rotatable bonds is 4. The number of aryl methyl sites for hydroxylation is 2. The van der Waals surface area contributed by atoms with Gasteiger partial charge in [0, 0.05) is 28.8 Å². The van der Waals surface area contributed by atoms with E-state index in [2.05, 4.69) is 42.2 Å². The summed E-state index contributed by atoms with van der Waals surface area (Å²) in [6.45, 7) is 5.12. The van der Waals surface area contributed by atoms with E-state index >= 15 is 0 Å². The van der Waals surface area contributed by atoms with Gasteiger partial charge in [0.1, 0.15) is 5.82 Å². The van der Waals surface area contributed by atoms with Crippen molar-refractivity contribution in [3.05, 3.63) is 70.9 Å². The van der Waals surface area contributed by atoms with E-state index in [1.807, 2.05) is 35.7 Å². The van der Waals surface area contributed by atoms with Gasteiger partial charge in [-0.05, 0) is 44.4 Å². The normalized spacial score (nSPS) is 16.4. The second-order valence-electron chi connectivity index (χ2n) is 8.24. The van der Waals surface area contributed by atoms with Gasteiger partial charge in [0.15, 0.2) is 5.65 Å². The molecule has 0 radical (unpaired) electrons. The molecule has 5 nitrogen and oxygen atoms in total. The zero-order valence-corrected chi connectivity index (χ0v) is 18.5.